The lowest BCUT2D eigenvalue weighted by atomic mass is 10.1. The van der Waals surface area contributed by atoms with Gasteiger partial charge in [0.05, 0.1) is 5.56 Å². The van der Waals surface area contributed by atoms with Gasteiger partial charge in [-0.3, -0.25) is 9.59 Å². The predicted octanol–water partition coefficient (Wildman–Crippen LogP) is 3.82. The molecular formula is C24H22N2O6. The average molecular weight is 434 g/mol. The van der Waals surface area contributed by atoms with Gasteiger partial charge in [0.1, 0.15) is 0 Å². The Kier molecular flexibility index (Phi) is 5.68. The van der Waals surface area contributed by atoms with Crippen LogP contribution in [0.3, 0.4) is 0 Å². The molecule has 0 saturated heterocycles. The highest BCUT2D eigenvalue weighted by Gasteiger charge is 2.21. The van der Waals surface area contributed by atoms with E-state index in [-0.39, 0.29) is 24.0 Å². The van der Waals surface area contributed by atoms with Crippen LogP contribution in [0, 0.1) is 13.8 Å². The molecule has 0 fully saturated rings. The summed E-state index contributed by atoms with van der Waals surface area (Å²) in [5, 5.41) is 2.61. The Morgan fingerprint density at radius 2 is 1.81 bits per heavy atom. The summed E-state index contributed by atoms with van der Waals surface area (Å²) in [7, 11) is 0. The number of Topliss-reactive ketones (excluding diaryl/α,β-unsaturated/α-hetero) is 1. The molecule has 0 saturated carbocycles. The summed E-state index contributed by atoms with van der Waals surface area (Å²) in [4.78, 5) is 36.4. The highest BCUT2D eigenvalue weighted by molar-refractivity contribution is 6.01. The largest absolute Gasteiger partial charge is 0.454 e. The molecule has 3 aromatic rings. The Morgan fingerprint density at radius 3 is 2.59 bits per heavy atom. The number of benzene rings is 2. The lowest BCUT2D eigenvalue weighted by Crippen LogP contribution is -2.15. The average Bonchev–Trinajstić information content (AvgIpc) is 3.34. The summed E-state index contributed by atoms with van der Waals surface area (Å²) >= 11 is 0. The maximum Gasteiger partial charge on any atom is 0.338 e. The van der Waals surface area contributed by atoms with Gasteiger partial charge in [0.2, 0.25) is 18.5 Å². The minimum absolute atomic E-state index is 0.186. The van der Waals surface area contributed by atoms with Crippen molar-refractivity contribution in [2.75, 3.05) is 18.7 Å². The Bertz CT molecular complexity index is 1230. The van der Waals surface area contributed by atoms with Crippen LogP contribution < -0.4 is 14.8 Å². The van der Waals surface area contributed by atoms with Crippen molar-refractivity contribution in [2.24, 2.45) is 0 Å². The third-order valence-electron chi connectivity index (χ3n) is 5.10. The number of aromatic nitrogens is 1. The summed E-state index contributed by atoms with van der Waals surface area (Å²) in [5.74, 6) is 0.135. The fourth-order valence-electron chi connectivity index (χ4n) is 3.69. The van der Waals surface area contributed by atoms with Gasteiger partial charge in [0.15, 0.2) is 18.1 Å². The summed E-state index contributed by atoms with van der Waals surface area (Å²) in [5.41, 5.74) is 3.63. The number of nitrogens with one attached hydrogen (secondary N) is 1. The van der Waals surface area contributed by atoms with Crippen molar-refractivity contribution < 1.29 is 28.6 Å². The lowest BCUT2D eigenvalue weighted by molar-refractivity contribution is -0.114. The normalized spacial score (nSPS) is 11.8. The quantitative estimate of drug-likeness (QED) is 0.468. The number of carbonyl (C=O) groups excluding carboxylic acids is 3. The first-order valence-corrected chi connectivity index (χ1v) is 10.0. The van der Waals surface area contributed by atoms with Gasteiger partial charge >= 0.3 is 5.97 Å². The maximum absolute atomic E-state index is 12.8. The van der Waals surface area contributed by atoms with Crippen LogP contribution in [0.25, 0.3) is 5.69 Å². The number of hydrogen-bond acceptors (Lipinski definition) is 6. The number of nitrogens with zero attached hydrogens (tertiary/aromatic N) is 1. The summed E-state index contributed by atoms with van der Waals surface area (Å²) < 4.78 is 18.0. The van der Waals surface area contributed by atoms with Crippen molar-refractivity contribution in [3.8, 4) is 17.2 Å². The van der Waals surface area contributed by atoms with Crippen molar-refractivity contribution in [3.63, 3.8) is 0 Å². The SMILES string of the molecule is CC(=O)Nc1cccc(C(=O)OCC(=O)c2cc(C)n(-c3ccc4c(c3)OCO4)c2C)c1. The molecule has 1 amide bonds. The lowest BCUT2D eigenvalue weighted by Gasteiger charge is -2.11. The number of carbonyl (C=O) groups is 3. The van der Waals surface area contributed by atoms with E-state index in [1.807, 2.05) is 36.6 Å². The zero-order valence-electron chi connectivity index (χ0n) is 17.9. The zero-order valence-corrected chi connectivity index (χ0v) is 17.9. The van der Waals surface area contributed by atoms with Crippen molar-refractivity contribution in [2.45, 2.75) is 20.8 Å². The van der Waals surface area contributed by atoms with E-state index >= 15 is 0 Å². The molecule has 0 atom stereocenters. The number of amides is 1. The monoisotopic (exact) mass is 434 g/mol. The fraction of sp³-hybridized carbons (Fsp3) is 0.208. The third kappa shape index (κ3) is 4.20. The molecular weight excluding hydrogens is 412 g/mol. The minimum atomic E-state index is -0.643. The van der Waals surface area contributed by atoms with Crippen LogP contribution in [0.4, 0.5) is 5.69 Å². The first-order chi connectivity index (χ1) is 15.3. The van der Waals surface area contributed by atoms with E-state index in [0.29, 0.717) is 22.7 Å². The van der Waals surface area contributed by atoms with Crippen LogP contribution in [0.5, 0.6) is 11.5 Å². The van der Waals surface area contributed by atoms with E-state index in [1.165, 1.54) is 13.0 Å². The molecule has 2 heterocycles. The second-order valence-corrected chi connectivity index (χ2v) is 7.42. The van der Waals surface area contributed by atoms with Gasteiger partial charge in [-0.2, -0.15) is 0 Å². The van der Waals surface area contributed by atoms with Crippen LogP contribution in [0.15, 0.2) is 48.5 Å². The highest BCUT2D eigenvalue weighted by atomic mass is 16.7. The molecule has 32 heavy (non-hydrogen) atoms. The molecule has 1 aromatic heterocycles. The van der Waals surface area contributed by atoms with Crippen LogP contribution in [0.2, 0.25) is 0 Å². The smallest absolute Gasteiger partial charge is 0.338 e. The van der Waals surface area contributed by atoms with Crippen molar-refractivity contribution in [1.82, 2.24) is 4.57 Å². The summed E-state index contributed by atoms with van der Waals surface area (Å²) in [6.45, 7) is 4.90. The van der Waals surface area contributed by atoms with Crippen LogP contribution in [-0.2, 0) is 9.53 Å². The molecule has 4 rings (SSSR count). The molecule has 164 valence electrons. The molecule has 1 aliphatic heterocycles. The van der Waals surface area contributed by atoms with E-state index in [2.05, 4.69) is 5.32 Å². The second-order valence-electron chi connectivity index (χ2n) is 7.42. The van der Waals surface area contributed by atoms with Gasteiger partial charge in [-0.1, -0.05) is 6.07 Å². The highest BCUT2D eigenvalue weighted by Crippen LogP contribution is 2.35. The molecule has 0 aliphatic carbocycles. The molecule has 2 aromatic carbocycles. The first kappa shape index (κ1) is 21.2. The van der Waals surface area contributed by atoms with Gasteiger partial charge < -0.3 is 24.1 Å². The molecule has 0 unspecified atom stereocenters. The molecule has 8 nitrogen and oxygen atoms in total. The van der Waals surface area contributed by atoms with Gasteiger partial charge in [0, 0.05) is 41.3 Å². The Hall–Kier alpha value is -4.07. The Labute approximate surface area is 184 Å². The molecule has 0 bridgehead atoms. The molecule has 0 spiro atoms. The maximum atomic E-state index is 12.8. The summed E-state index contributed by atoms with van der Waals surface area (Å²) in [6.07, 6.45) is 0. The Balaban J connectivity index is 1.48. The second kappa shape index (κ2) is 8.58. The van der Waals surface area contributed by atoms with Crippen molar-refractivity contribution in [1.29, 1.82) is 0 Å². The van der Waals surface area contributed by atoms with E-state index in [4.69, 9.17) is 14.2 Å². The van der Waals surface area contributed by atoms with Gasteiger partial charge in [-0.05, 0) is 50.2 Å². The number of esters is 1. The predicted molar refractivity (Wildman–Crippen MR) is 117 cm³/mol. The third-order valence-corrected chi connectivity index (χ3v) is 5.10. The first-order valence-electron chi connectivity index (χ1n) is 10.0. The number of ketones is 1. The van der Waals surface area contributed by atoms with E-state index < -0.39 is 12.6 Å². The zero-order chi connectivity index (χ0) is 22.8. The van der Waals surface area contributed by atoms with E-state index in [0.717, 1.165) is 17.1 Å². The van der Waals surface area contributed by atoms with Crippen LogP contribution >= 0.6 is 0 Å². The van der Waals surface area contributed by atoms with Gasteiger partial charge in [0.25, 0.3) is 0 Å². The van der Waals surface area contributed by atoms with Crippen LogP contribution in [0.1, 0.15) is 39.0 Å². The minimum Gasteiger partial charge on any atom is -0.454 e. The topological polar surface area (TPSA) is 95.9 Å². The van der Waals surface area contributed by atoms with E-state index in [1.54, 1.807) is 24.3 Å². The number of aryl methyl sites for hydroxylation is 1. The van der Waals surface area contributed by atoms with Crippen molar-refractivity contribution >= 4 is 23.3 Å². The molecule has 8 heteroatoms. The van der Waals surface area contributed by atoms with E-state index in [9.17, 15) is 14.4 Å². The Morgan fingerprint density at radius 1 is 1.03 bits per heavy atom. The number of ether oxygens (including phenoxy) is 3. The van der Waals surface area contributed by atoms with Gasteiger partial charge in [-0.15, -0.1) is 0 Å². The number of rotatable bonds is 6. The van der Waals surface area contributed by atoms with Gasteiger partial charge in [-0.25, -0.2) is 4.79 Å². The number of anilines is 1. The molecule has 1 N–H and O–H groups in total. The van der Waals surface area contributed by atoms with Crippen molar-refractivity contribution in [3.05, 3.63) is 71.0 Å². The standard InChI is InChI=1S/C24H22N2O6/c1-14-9-20(15(2)26(14)19-7-8-22-23(11-19)32-13-31-22)21(28)12-30-24(29)17-5-4-6-18(10-17)25-16(3)27/h4-11H,12-13H2,1-3H3,(H,25,27). The molecule has 1 aliphatic rings. The fourth-order valence-corrected chi connectivity index (χ4v) is 3.69. The number of hydrogen-bond donors (Lipinski definition) is 1. The molecule has 0 radical (unpaired) electrons. The number of fused-ring (bicyclic) bond motifs is 1. The summed E-state index contributed by atoms with van der Waals surface area (Å²) in [6, 6.07) is 13.7. The van der Waals surface area contributed by atoms with Crippen LogP contribution in [-0.4, -0.2) is 35.6 Å².